The highest BCUT2D eigenvalue weighted by Crippen LogP contribution is 2.35. The second-order valence-corrected chi connectivity index (χ2v) is 5.86. The number of anilines is 1. The van der Waals surface area contributed by atoms with Gasteiger partial charge in [-0.3, -0.25) is 4.79 Å². The molecule has 2 N–H and O–H groups in total. The molecule has 0 aliphatic carbocycles. The molecule has 3 rings (SSSR count). The maximum absolute atomic E-state index is 13.3. The Morgan fingerprint density at radius 1 is 1.22 bits per heavy atom. The zero-order valence-electron chi connectivity index (χ0n) is 14.6. The van der Waals surface area contributed by atoms with Crippen LogP contribution >= 0.6 is 0 Å². The lowest BCUT2D eigenvalue weighted by Gasteiger charge is -2.27. The van der Waals surface area contributed by atoms with Gasteiger partial charge in [0.1, 0.15) is 5.75 Å². The van der Waals surface area contributed by atoms with Gasteiger partial charge in [-0.1, -0.05) is 12.1 Å². The summed E-state index contributed by atoms with van der Waals surface area (Å²) in [6.07, 6.45) is -0.0212. The molecule has 0 saturated carbocycles. The van der Waals surface area contributed by atoms with E-state index in [0.29, 0.717) is 24.3 Å². The van der Waals surface area contributed by atoms with Crippen molar-refractivity contribution >= 4 is 17.7 Å². The highest BCUT2D eigenvalue weighted by Gasteiger charge is 2.27. The molecular weight excluding hydrogens is 358 g/mol. The summed E-state index contributed by atoms with van der Waals surface area (Å²) in [4.78, 5) is 24.3. The van der Waals surface area contributed by atoms with Crippen LogP contribution in [0.15, 0.2) is 36.4 Å². The van der Waals surface area contributed by atoms with Gasteiger partial charge in [0.25, 0.3) is 5.91 Å². The molecule has 27 heavy (non-hydrogen) atoms. The van der Waals surface area contributed by atoms with E-state index in [1.165, 1.54) is 6.07 Å². The minimum absolute atomic E-state index is 0.119. The molecular formula is C19H18F2N2O4. The summed E-state index contributed by atoms with van der Waals surface area (Å²) in [7, 11) is 0. The number of carbonyl (C=O) groups is 2. The van der Waals surface area contributed by atoms with Crippen LogP contribution in [0, 0.1) is 11.6 Å². The fourth-order valence-electron chi connectivity index (χ4n) is 2.84. The Kier molecular flexibility index (Phi) is 5.54. The van der Waals surface area contributed by atoms with E-state index in [-0.39, 0.29) is 23.9 Å². The van der Waals surface area contributed by atoms with Crippen LogP contribution in [0.2, 0.25) is 0 Å². The first-order valence-corrected chi connectivity index (χ1v) is 8.45. The molecule has 1 atom stereocenters. The van der Waals surface area contributed by atoms with Crippen molar-refractivity contribution in [1.29, 1.82) is 0 Å². The van der Waals surface area contributed by atoms with Crippen molar-refractivity contribution in [3.05, 3.63) is 59.2 Å². The molecule has 8 heteroatoms. The number of para-hydroxylation sites is 1. The van der Waals surface area contributed by atoms with Crippen LogP contribution in [-0.4, -0.2) is 25.2 Å². The standard InChI is InChI=1S/C19H18F2N2O4/c1-2-26-19(25)23-16-8-9-27-17-12(16)4-3-5-13(17)18(24)22-11-6-7-14(20)15(21)10-11/h3-7,10,16H,2,8-9H2,1H3,(H,22,24)(H,23,25)/t16-/m0/s1. The number of fused-ring (bicyclic) bond motifs is 1. The van der Waals surface area contributed by atoms with Crippen molar-refractivity contribution in [2.24, 2.45) is 0 Å². The lowest BCUT2D eigenvalue weighted by atomic mass is 9.97. The third-order valence-corrected chi connectivity index (χ3v) is 4.06. The average molecular weight is 376 g/mol. The third-order valence-electron chi connectivity index (χ3n) is 4.06. The Labute approximate surface area is 154 Å². The summed E-state index contributed by atoms with van der Waals surface area (Å²) in [6.45, 7) is 2.26. The molecule has 0 aromatic heterocycles. The Bertz CT molecular complexity index is 873. The Morgan fingerprint density at radius 2 is 2.04 bits per heavy atom. The van der Waals surface area contributed by atoms with Gasteiger partial charge in [-0.15, -0.1) is 0 Å². The molecule has 2 aromatic carbocycles. The van der Waals surface area contributed by atoms with Gasteiger partial charge in [0, 0.05) is 23.7 Å². The number of alkyl carbamates (subject to hydrolysis) is 1. The van der Waals surface area contributed by atoms with Crippen LogP contribution in [-0.2, 0) is 4.74 Å². The fraction of sp³-hybridized carbons (Fsp3) is 0.263. The van der Waals surface area contributed by atoms with E-state index in [9.17, 15) is 18.4 Å². The van der Waals surface area contributed by atoms with Gasteiger partial charge < -0.3 is 20.1 Å². The molecule has 0 unspecified atom stereocenters. The van der Waals surface area contributed by atoms with E-state index >= 15 is 0 Å². The topological polar surface area (TPSA) is 76.7 Å². The second kappa shape index (κ2) is 8.03. The average Bonchev–Trinajstić information content (AvgIpc) is 2.65. The predicted molar refractivity (Wildman–Crippen MR) is 93.8 cm³/mol. The highest BCUT2D eigenvalue weighted by atomic mass is 19.2. The van der Waals surface area contributed by atoms with Gasteiger partial charge in [0.2, 0.25) is 0 Å². The van der Waals surface area contributed by atoms with Crippen molar-refractivity contribution in [1.82, 2.24) is 5.32 Å². The zero-order chi connectivity index (χ0) is 19.4. The summed E-state index contributed by atoms with van der Waals surface area (Å²) in [5, 5.41) is 5.26. The number of hydrogen-bond donors (Lipinski definition) is 2. The number of hydrogen-bond acceptors (Lipinski definition) is 4. The van der Waals surface area contributed by atoms with Crippen LogP contribution in [0.3, 0.4) is 0 Å². The molecule has 142 valence electrons. The number of benzene rings is 2. The zero-order valence-corrected chi connectivity index (χ0v) is 14.6. The lowest BCUT2D eigenvalue weighted by Crippen LogP contribution is -2.33. The number of ether oxygens (including phenoxy) is 2. The Hall–Kier alpha value is -3.16. The fourth-order valence-corrected chi connectivity index (χ4v) is 2.84. The molecule has 0 radical (unpaired) electrons. The molecule has 0 bridgehead atoms. The first-order valence-electron chi connectivity index (χ1n) is 8.45. The van der Waals surface area contributed by atoms with Gasteiger partial charge >= 0.3 is 6.09 Å². The largest absolute Gasteiger partial charge is 0.492 e. The Morgan fingerprint density at radius 3 is 2.78 bits per heavy atom. The normalized spacial score (nSPS) is 15.3. The van der Waals surface area contributed by atoms with Crippen LogP contribution in [0.25, 0.3) is 0 Å². The van der Waals surface area contributed by atoms with Gasteiger partial charge in [-0.05, 0) is 25.1 Å². The molecule has 1 aliphatic heterocycles. The van der Waals surface area contributed by atoms with Crippen LogP contribution in [0.1, 0.15) is 35.3 Å². The third kappa shape index (κ3) is 4.16. The Balaban J connectivity index is 1.83. The van der Waals surface area contributed by atoms with Gasteiger partial charge in [-0.25, -0.2) is 13.6 Å². The highest BCUT2D eigenvalue weighted by molar-refractivity contribution is 6.06. The number of halogens is 2. The summed E-state index contributed by atoms with van der Waals surface area (Å²) in [6, 6.07) is 7.70. The second-order valence-electron chi connectivity index (χ2n) is 5.86. The molecule has 1 aliphatic rings. The van der Waals surface area contributed by atoms with Crippen LogP contribution in [0.4, 0.5) is 19.3 Å². The molecule has 0 spiro atoms. The summed E-state index contributed by atoms with van der Waals surface area (Å²) < 4.78 is 36.9. The van der Waals surface area contributed by atoms with Crippen LogP contribution in [0.5, 0.6) is 5.75 Å². The number of nitrogens with one attached hydrogen (secondary N) is 2. The summed E-state index contributed by atoms with van der Waals surface area (Å²) in [5.41, 5.74) is 0.994. The lowest BCUT2D eigenvalue weighted by molar-refractivity contribution is 0.102. The van der Waals surface area contributed by atoms with Crippen molar-refractivity contribution in [2.45, 2.75) is 19.4 Å². The minimum atomic E-state index is -1.06. The van der Waals surface area contributed by atoms with E-state index in [0.717, 1.165) is 12.1 Å². The van der Waals surface area contributed by atoms with Crippen molar-refractivity contribution in [3.8, 4) is 5.75 Å². The minimum Gasteiger partial charge on any atom is -0.492 e. The number of amides is 2. The van der Waals surface area contributed by atoms with Gasteiger partial charge in [-0.2, -0.15) is 0 Å². The molecule has 6 nitrogen and oxygen atoms in total. The first-order chi connectivity index (χ1) is 13.0. The van der Waals surface area contributed by atoms with E-state index in [2.05, 4.69) is 10.6 Å². The summed E-state index contributed by atoms with van der Waals surface area (Å²) >= 11 is 0. The number of carbonyl (C=O) groups excluding carboxylic acids is 2. The van der Waals surface area contributed by atoms with E-state index < -0.39 is 23.6 Å². The SMILES string of the molecule is CCOC(=O)N[C@H]1CCOc2c(C(=O)Nc3ccc(F)c(F)c3)cccc21. The van der Waals surface area contributed by atoms with Crippen molar-refractivity contribution in [2.75, 3.05) is 18.5 Å². The van der Waals surface area contributed by atoms with Crippen LogP contribution < -0.4 is 15.4 Å². The monoisotopic (exact) mass is 376 g/mol. The van der Waals surface area contributed by atoms with Gasteiger partial charge in [0.15, 0.2) is 11.6 Å². The van der Waals surface area contributed by atoms with Crippen molar-refractivity contribution in [3.63, 3.8) is 0 Å². The van der Waals surface area contributed by atoms with Crippen molar-refractivity contribution < 1.29 is 27.8 Å². The number of rotatable bonds is 4. The smallest absolute Gasteiger partial charge is 0.407 e. The van der Waals surface area contributed by atoms with Gasteiger partial charge in [0.05, 0.1) is 24.8 Å². The predicted octanol–water partition coefficient (Wildman–Crippen LogP) is 3.79. The molecule has 0 fully saturated rings. The molecule has 2 amide bonds. The molecule has 1 heterocycles. The van der Waals surface area contributed by atoms with E-state index in [1.807, 2.05) is 0 Å². The summed E-state index contributed by atoms with van der Waals surface area (Å²) in [5.74, 6) is -2.25. The molecule has 2 aromatic rings. The first kappa shape index (κ1) is 18.6. The quantitative estimate of drug-likeness (QED) is 0.851. The molecule has 0 saturated heterocycles. The maximum atomic E-state index is 13.3. The maximum Gasteiger partial charge on any atom is 0.407 e. The van der Waals surface area contributed by atoms with E-state index in [4.69, 9.17) is 9.47 Å². The van der Waals surface area contributed by atoms with E-state index in [1.54, 1.807) is 25.1 Å².